The molecule has 0 spiro atoms. The van der Waals surface area contributed by atoms with E-state index in [4.69, 9.17) is 0 Å². The van der Waals surface area contributed by atoms with Crippen LogP contribution in [0.4, 0.5) is 0 Å². The lowest BCUT2D eigenvalue weighted by molar-refractivity contribution is -0.0208. The Kier molecular flexibility index (Phi) is 3.18. The van der Waals surface area contributed by atoms with Gasteiger partial charge >= 0.3 is 0 Å². The van der Waals surface area contributed by atoms with Crippen molar-refractivity contribution in [1.82, 2.24) is 0 Å². The molecule has 0 aliphatic heterocycles. The first-order valence-electron chi connectivity index (χ1n) is 6.79. The predicted molar refractivity (Wildman–Crippen MR) is 68.2 cm³/mol. The van der Waals surface area contributed by atoms with Crippen LogP contribution in [0.2, 0.25) is 0 Å². The largest absolute Gasteiger partial charge is 0.390 e. The molecular weight excluding hydrogens is 196 g/mol. The molecule has 1 nitrogen and oxygen atoms in total. The van der Waals surface area contributed by atoms with Crippen molar-refractivity contribution >= 4 is 0 Å². The summed E-state index contributed by atoms with van der Waals surface area (Å²) in [4.78, 5) is 0. The lowest BCUT2D eigenvalue weighted by Gasteiger charge is -2.33. The Bertz CT molecular complexity index is 279. The molecular formula is C15H26O. The van der Waals surface area contributed by atoms with Gasteiger partial charge in [-0.1, -0.05) is 25.5 Å². The quantitative estimate of drug-likeness (QED) is 0.669. The Morgan fingerprint density at radius 1 is 1.31 bits per heavy atom. The van der Waals surface area contributed by atoms with Gasteiger partial charge in [0.2, 0.25) is 0 Å². The molecule has 92 valence electrons. The zero-order chi connectivity index (χ0) is 11.9. The van der Waals surface area contributed by atoms with Crippen molar-refractivity contribution < 1.29 is 5.11 Å². The van der Waals surface area contributed by atoms with Crippen LogP contribution in [0.1, 0.15) is 52.9 Å². The van der Waals surface area contributed by atoms with Crippen molar-refractivity contribution in [3.05, 3.63) is 12.2 Å². The summed E-state index contributed by atoms with van der Waals surface area (Å²) in [5, 5.41) is 10.6. The van der Waals surface area contributed by atoms with Gasteiger partial charge < -0.3 is 5.11 Å². The summed E-state index contributed by atoms with van der Waals surface area (Å²) < 4.78 is 0. The molecule has 0 aromatic rings. The molecule has 2 aliphatic carbocycles. The molecule has 2 fully saturated rings. The Morgan fingerprint density at radius 2 is 2.00 bits per heavy atom. The van der Waals surface area contributed by atoms with E-state index in [1.807, 2.05) is 0 Å². The number of fused-ring (bicyclic) bond motifs is 1. The standard InChI is InChI=1S/C15H26O/c1-10(2)12-7-8-15(4,16)14-6-5-11(3)13(14)9-12/h11-14,16H,1,5-9H2,2-4H3/t11-,12+,13-,14+,15+/m0/s1. The van der Waals surface area contributed by atoms with E-state index in [0.717, 1.165) is 24.7 Å². The second kappa shape index (κ2) is 4.18. The number of rotatable bonds is 1. The average Bonchev–Trinajstić information content (AvgIpc) is 2.47. The number of allylic oxidation sites excluding steroid dienone is 1. The van der Waals surface area contributed by atoms with Gasteiger partial charge in [0.05, 0.1) is 5.60 Å². The van der Waals surface area contributed by atoms with Crippen LogP contribution in [0.3, 0.4) is 0 Å². The predicted octanol–water partition coefficient (Wildman–Crippen LogP) is 3.78. The van der Waals surface area contributed by atoms with Crippen LogP contribution in [0.5, 0.6) is 0 Å². The lowest BCUT2D eigenvalue weighted by atomic mass is 9.77. The van der Waals surface area contributed by atoms with E-state index >= 15 is 0 Å². The summed E-state index contributed by atoms with van der Waals surface area (Å²) in [6, 6.07) is 0. The second-order valence-corrected chi connectivity index (χ2v) is 6.50. The molecule has 2 aliphatic rings. The van der Waals surface area contributed by atoms with E-state index in [1.54, 1.807) is 0 Å². The van der Waals surface area contributed by atoms with Gasteiger partial charge in [-0.2, -0.15) is 0 Å². The van der Waals surface area contributed by atoms with Crippen LogP contribution in [0.25, 0.3) is 0 Å². The van der Waals surface area contributed by atoms with Crippen molar-refractivity contribution in [2.45, 2.75) is 58.5 Å². The Morgan fingerprint density at radius 3 is 2.62 bits per heavy atom. The summed E-state index contributed by atoms with van der Waals surface area (Å²) in [7, 11) is 0. The van der Waals surface area contributed by atoms with Crippen LogP contribution >= 0.6 is 0 Å². The first-order chi connectivity index (χ1) is 7.42. The topological polar surface area (TPSA) is 20.2 Å². The maximum atomic E-state index is 10.6. The van der Waals surface area contributed by atoms with Gasteiger partial charge in [-0.3, -0.25) is 0 Å². The molecule has 0 unspecified atom stereocenters. The summed E-state index contributed by atoms with van der Waals surface area (Å²) in [6.07, 6.45) is 5.87. The highest BCUT2D eigenvalue weighted by atomic mass is 16.3. The van der Waals surface area contributed by atoms with Gasteiger partial charge in [0.25, 0.3) is 0 Å². The molecule has 2 saturated carbocycles. The highest BCUT2D eigenvalue weighted by molar-refractivity contribution is 5.04. The Hall–Kier alpha value is -0.300. The third-order valence-electron chi connectivity index (χ3n) is 5.23. The second-order valence-electron chi connectivity index (χ2n) is 6.50. The van der Waals surface area contributed by atoms with Gasteiger partial charge in [-0.25, -0.2) is 0 Å². The smallest absolute Gasteiger partial charge is 0.0650 e. The fourth-order valence-electron chi connectivity index (χ4n) is 3.98. The van der Waals surface area contributed by atoms with Crippen molar-refractivity contribution in [1.29, 1.82) is 0 Å². The first-order valence-corrected chi connectivity index (χ1v) is 6.79. The van der Waals surface area contributed by atoms with Crippen LogP contribution < -0.4 is 0 Å². The summed E-state index contributed by atoms with van der Waals surface area (Å²) in [6.45, 7) is 10.7. The molecule has 0 heterocycles. The van der Waals surface area contributed by atoms with Crippen molar-refractivity contribution in [2.24, 2.45) is 23.7 Å². The minimum atomic E-state index is -0.431. The molecule has 2 rings (SSSR count). The molecule has 16 heavy (non-hydrogen) atoms. The van der Waals surface area contributed by atoms with E-state index in [0.29, 0.717) is 11.8 Å². The summed E-state index contributed by atoms with van der Waals surface area (Å²) >= 11 is 0. The molecule has 5 atom stereocenters. The zero-order valence-electron chi connectivity index (χ0n) is 11.0. The highest BCUT2D eigenvalue weighted by Crippen LogP contribution is 2.50. The molecule has 0 saturated heterocycles. The van der Waals surface area contributed by atoms with E-state index in [-0.39, 0.29) is 0 Å². The maximum Gasteiger partial charge on any atom is 0.0650 e. The number of aliphatic hydroxyl groups is 1. The van der Waals surface area contributed by atoms with Crippen LogP contribution in [-0.4, -0.2) is 10.7 Å². The summed E-state index contributed by atoms with van der Waals surface area (Å²) in [5.74, 6) is 2.68. The van der Waals surface area contributed by atoms with E-state index in [9.17, 15) is 5.11 Å². The highest BCUT2D eigenvalue weighted by Gasteiger charge is 2.46. The van der Waals surface area contributed by atoms with Crippen LogP contribution in [0.15, 0.2) is 12.2 Å². The fourth-order valence-corrected chi connectivity index (χ4v) is 3.98. The molecule has 1 heteroatoms. The SMILES string of the molecule is C=C(C)[C@@H]1CC[C@@](C)(O)[C@@H]2CC[C@H](C)[C@@H]2C1. The minimum absolute atomic E-state index is 0.431. The van der Waals surface area contributed by atoms with Crippen molar-refractivity contribution in [3.8, 4) is 0 Å². The molecule has 0 amide bonds. The molecule has 0 radical (unpaired) electrons. The van der Waals surface area contributed by atoms with Gasteiger partial charge in [-0.05, 0) is 63.2 Å². The Balaban J connectivity index is 2.21. The van der Waals surface area contributed by atoms with Gasteiger partial charge in [0.15, 0.2) is 0 Å². The Labute approximate surface area is 99.9 Å². The van der Waals surface area contributed by atoms with Crippen molar-refractivity contribution in [3.63, 3.8) is 0 Å². The normalized spacial score (nSPS) is 48.5. The van der Waals surface area contributed by atoms with Gasteiger partial charge in [0, 0.05) is 0 Å². The van der Waals surface area contributed by atoms with Crippen molar-refractivity contribution in [2.75, 3.05) is 0 Å². The fraction of sp³-hybridized carbons (Fsp3) is 0.867. The van der Waals surface area contributed by atoms with Gasteiger partial charge in [-0.15, -0.1) is 0 Å². The number of hydrogen-bond acceptors (Lipinski definition) is 1. The van der Waals surface area contributed by atoms with Crippen LogP contribution in [-0.2, 0) is 0 Å². The average molecular weight is 222 g/mol. The van der Waals surface area contributed by atoms with Crippen LogP contribution in [0, 0.1) is 23.7 Å². The van der Waals surface area contributed by atoms with Gasteiger partial charge in [0.1, 0.15) is 0 Å². The van der Waals surface area contributed by atoms with E-state index in [2.05, 4.69) is 27.4 Å². The lowest BCUT2D eigenvalue weighted by Crippen LogP contribution is -2.36. The first kappa shape index (κ1) is 12.2. The molecule has 1 N–H and O–H groups in total. The molecule has 0 aromatic carbocycles. The third kappa shape index (κ3) is 2.07. The van der Waals surface area contributed by atoms with E-state index < -0.39 is 5.60 Å². The molecule has 0 bridgehead atoms. The monoisotopic (exact) mass is 222 g/mol. The third-order valence-corrected chi connectivity index (χ3v) is 5.23. The summed E-state index contributed by atoms with van der Waals surface area (Å²) in [5.41, 5.74) is 0.884. The number of hydrogen-bond donors (Lipinski definition) is 1. The zero-order valence-corrected chi connectivity index (χ0v) is 11.0. The minimum Gasteiger partial charge on any atom is -0.390 e. The molecule has 0 aromatic heterocycles. The van der Waals surface area contributed by atoms with E-state index in [1.165, 1.54) is 24.8 Å². The maximum absolute atomic E-state index is 10.6.